The number of nitrogens with one attached hydrogen (secondary N) is 1. The third-order valence-corrected chi connectivity index (χ3v) is 2.58. The molecule has 0 atom stereocenters. The predicted octanol–water partition coefficient (Wildman–Crippen LogP) is 2.28. The number of ether oxygens (including phenoxy) is 1. The smallest absolute Gasteiger partial charge is 0.0529 e. The summed E-state index contributed by atoms with van der Waals surface area (Å²) in [6.45, 7) is 10.1. The molecule has 0 radical (unpaired) electrons. The van der Waals surface area contributed by atoms with E-state index in [4.69, 9.17) is 4.74 Å². The topological polar surface area (TPSA) is 34.1 Å². The van der Waals surface area contributed by atoms with Gasteiger partial charge in [0.25, 0.3) is 0 Å². The Bertz CT molecular complexity index is 298. The summed E-state index contributed by atoms with van der Waals surface area (Å²) in [5.74, 6) is 0. The highest BCUT2D eigenvalue weighted by atomic mass is 16.5. The second-order valence-electron chi connectivity index (χ2n) is 5.07. The standard InChI is InChI=1S/C14H24N2O/c1-4-15-11-14(2,3)12-17-10-8-13-7-5-6-9-16-13/h5-7,9,15H,4,8,10-12H2,1-3H3. The lowest BCUT2D eigenvalue weighted by Gasteiger charge is -2.24. The number of hydrogen-bond acceptors (Lipinski definition) is 3. The molecule has 0 aliphatic heterocycles. The van der Waals surface area contributed by atoms with Gasteiger partial charge in [-0.3, -0.25) is 4.98 Å². The van der Waals surface area contributed by atoms with Crippen molar-refractivity contribution in [3.8, 4) is 0 Å². The Morgan fingerprint density at radius 1 is 1.35 bits per heavy atom. The molecule has 96 valence electrons. The van der Waals surface area contributed by atoms with Crippen LogP contribution in [0.25, 0.3) is 0 Å². The molecule has 1 aromatic heterocycles. The summed E-state index contributed by atoms with van der Waals surface area (Å²) in [4.78, 5) is 4.27. The van der Waals surface area contributed by atoms with Crippen molar-refractivity contribution in [1.29, 1.82) is 0 Å². The molecule has 0 aliphatic carbocycles. The van der Waals surface area contributed by atoms with Crippen LogP contribution in [0.3, 0.4) is 0 Å². The Labute approximate surface area is 105 Å². The Kier molecular flexibility index (Phi) is 6.16. The maximum atomic E-state index is 5.72. The highest BCUT2D eigenvalue weighted by Crippen LogP contribution is 2.13. The highest BCUT2D eigenvalue weighted by Gasteiger charge is 2.16. The van der Waals surface area contributed by atoms with Gasteiger partial charge in [-0.05, 0) is 18.7 Å². The van der Waals surface area contributed by atoms with Crippen LogP contribution >= 0.6 is 0 Å². The van der Waals surface area contributed by atoms with Crippen molar-refractivity contribution in [1.82, 2.24) is 10.3 Å². The van der Waals surface area contributed by atoms with Crippen molar-refractivity contribution in [2.24, 2.45) is 5.41 Å². The molecule has 0 saturated carbocycles. The molecule has 17 heavy (non-hydrogen) atoms. The van der Waals surface area contributed by atoms with Gasteiger partial charge in [0.15, 0.2) is 0 Å². The SMILES string of the molecule is CCNCC(C)(C)COCCc1ccccn1. The normalized spacial score (nSPS) is 11.7. The molecule has 3 nitrogen and oxygen atoms in total. The summed E-state index contributed by atoms with van der Waals surface area (Å²) in [7, 11) is 0. The van der Waals surface area contributed by atoms with Crippen molar-refractivity contribution >= 4 is 0 Å². The Morgan fingerprint density at radius 3 is 2.82 bits per heavy atom. The average Bonchev–Trinajstić information content (AvgIpc) is 2.34. The summed E-state index contributed by atoms with van der Waals surface area (Å²) in [5.41, 5.74) is 1.29. The van der Waals surface area contributed by atoms with Crippen molar-refractivity contribution in [2.75, 3.05) is 26.3 Å². The number of nitrogens with zero attached hydrogens (tertiary/aromatic N) is 1. The van der Waals surface area contributed by atoms with E-state index in [0.29, 0.717) is 0 Å². The predicted molar refractivity (Wildman–Crippen MR) is 71.1 cm³/mol. The molecule has 0 aliphatic rings. The minimum absolute atomic E-state index is 0.195. The maximum absolute atomic E-state index is 5.72. The fraction of sp³-hybridized carbons (Fsp3) is 0.643. The van der Waals surface area contributed by atoms with Gasteiger partial charge < -0.3 is 10.1 Å². The molecular weight excluding hydrogens is 212 g/mol. The van der Waals surface area contributed by atoms with Gasteiger partial charge in [-0.15, -0.1) is 0 Å². The van der Waals surface area contributed by atoms with Gasteiger partial charge in [-0.2, -0.15) is 0 Å². The van der Waals surface area contributed by atoms with E-state index in [1.165, 1.54) is 0 Å². The Hall–Kier alpha value is -0.930. The van der Waals surface area contributed by atoms with Crippen LogP contribution in [0.5, 0.6) is 0 Å². The lowest BCUT2D eigenvalue weighted by Crippen LogP contribution is -2.33. The van der Waals surface area contributed by atoms with Gasteiger partial charge in [0, 0.05) is 30.3 Å². The first kappa shape index (κ1) is 14.1. The zero-order valence-electron chi connectivity index (χ0n) is 11.2. The molecule has 1 heterocycles. The molecular formula is C14H24N2O. The minimum Gasteiger partial charge on any atom is -0.380 e. The van der Waals surface area contributed by atoms with E-state index < -0.39 is 0 Å². The largest absolute Gasteiger partial charge is 0.380 e. The fourth-order valence-electron chi connectivity index (χ4n) is 1.59. The molecule has 1 N–H and O–H groups in total. The fourth-order valence-corrected chi connectivity index (χ4v) is 1.59. The van der Waals surface area contributed by atoms with Gasteiger partial charge in [0.2, 0.25) is 0 Å². The Balaban J connectivity index is 2.15. The van der Waals surface area contributed by atoms with Gasteiger partial charge in [-0.1, -0.05) is 26.8 Å². The molecule has 0 amide bonds. The molecule has 1 rings (SSSR count). The van der Waals surface area contributed by atoms with E-state index in [1.54, 1.807) is 0 Å². The minimum atomic E-state index is 0.195. The van der Waals surface area contributed by atoms with Crippen LogP contribution in [0, 0.1) is 5.41 Å². The number of pyridine rings is 1. The average molecular weight is 236 g/mol. The molecule has 0 aromatic carbocycles. The lowest BCUT2D eigenvalue weighted by atomic mass is 9.95. The maximum Gasteiger partial charge on any atom is 0.0529 e. The van der Waals surface area contributed by atoms with Crippen LogP contribution in [0.2, 0.25) is 0 Å². The highest BCUT2D eigenvalue weighted by molar-refractivity contribution is 5.03. The van der Waals surface area contributed by atoms with Crippen LogP contribution in [-0.2, 0) is 11.2 Å². The van der Waals surface area contributed by atoms with Crippen molar-refractivity contribution in [3.63, 3.8) is 0 Å². The summed E-state index contributed by atoms with van der Waals surface area (Å²) in [6, 6.07) is 5.98. The first-order chi connectivity index (χ1) is 8.14. The monoisotopic (exact) mass is 236 g/mol. The zero-order chi connectivity index (χ0) is 12.6. The molecule has 0 spiro atoms. The van der Waals surface area contributed by atoms with Crippen molar-refractivity contribution < 1.29 is 4.74 Å². The third kappa shape index (κ3) is 6.39. The quantitative estimate of drug-likeness (QED) is 0.703. The van der Waals surface area contributed by atoms with E-state index in [2.05, 4.69) is 31.1 Å². The zero-order valence-corrected chi connectivity index (χ0v) is 11.2. The van der Waals surface area contributed by atoms with Gasteiger partial charge in [0.1, 0.15) is 0 Å². The summed E-state index contributed by atoms with van der Waals surface area (Å²) in [6.07, 6.45) is 2.71. The van der Waals surface area contributed by atoms with Gasteiger partial charge in [0.05, 0.1) is 13.2 Å². The summed E-state index contributed by atoms with van der Waals surface area (Å²) < 4.78 is 5.72. The molecule has 0 saturated heterocycles. The molecule has 0 bridgehead atoms. The molecule has 3 heteroatoms. The number of aromatic nitrogens is 1. The van der Waals surface area contributed by atoms with E-state index in [9.17, 15) is 0 Å². The number of rotatable bonds is 8. The first-order valence-electron chi connectivity index (χ1n) is 6.32. The lowest BCUT2D eigenvalue weighted by molar-refractivity contribution is 0.0639. The van der Waals surface area contributed by atoms with E-state index in [1.807, 2.05) is 24.4 Å². The second-order valence-corrected chi connectivity index (χ2v) is 5.07. The Morgan fingerprint density at radius 2 is 2.18 bits per heavy atom. The third-order valence-electron chi connectivity index (χ3n) is 2.58. The summed E-state index contributed by atoms with van der Waals surface area (Å²) >= 11 is 0. The second kappa shape index (κ2) is 7.41. The van der Waals surface area contributed by atoms with Crippen LogP contribution in [0.1, 0.15) is 26.5 Å². The summed E-state index contributed by atoms with van der Waals surface area (Å²) in [5, 5.41) is 3.35. The first-order valence-corrected chi connectivity index (χ1v) is 6.32. The number of hydrogen-bond donors (Lipinski definition) is 1. The molecule has 0 fully saturated rings. The van der Waals surface area contributed by atoms with E-state index in [-0.39, 0.29) is 5.41 Å². The van der Waals surface area contributed by atoms with E-state index in [0.717, 1.165) is 38.4 Å². The molecule has 0 unspecified atom stereocenters. The van der Waals surface area contributed by atoms with Crippen LogP contribution in [-0.4, -0.2) is 31.3 Å². The van der Waals surface area contributed by atoms with Crippen molar-refractivity contribution in [2.45, 2.75) is 27.2 Å². The van der Waals surface area contributed by atoms with Crippen LogP contribution in [0.4, 0.5) is 0 Å². The van der Waals surface area contributed by atoms with Gasteiger partial charge in [-0.25, -0.2) is 0 Å². The van der Waals surface area contributed by atoms with Gasteiger partial charge >= 0.3 is 0 Å². The van der Waals surface area contributed by atoms with E-state index >= 15 is 0 Å². The van der Waals surface area contributed by atoms with Crippen LogP contribution < -0.4 is 5.32 Å². The van der Waals surface area contributed by atoms with Crippen molar-refractivity contribution in [3.05, 3.63) is 30.1 Å². The van der Waals surface area contributed by atoms with Crippen LogP contribution in [0.15, 0.2) is 24.4 Å². The molecule has 1 aromatic rings.